The molecule has 83 valence electrons. The molecule has 0 aliphatic carbocycles. The quantitative estimate of drug-likeness (QED) is 0.738. The summed E-state index contributed by atoms with van der Waals surface area (Å²) in [4.78, 5) is 4.33. The Labute approximate surface area is 92.7 Å². The first kappa shape index (κ1) is 12.0. The van der Waals surface area contributed by atoms with Crippen LogP contribution in [-0.4, -0.2) is 12.1 Å². The molecule has 0 aliphatic rings. The van der Waals surface area contributed by atoms with E-state index in [2.05, 4.69) is 32.0 Å². The number of hydrogen-bond donors (Lipinski definition) is 0. The second-order valence-electron chi connectivity index (χ2n) is 3.81. The summed E-state index contributed by atoms with van der Waals surface area (Å²) >= 11 is 0. The van der Waals surface area contributed by atoms with Crippen molar-refractivity contribution < 1.29 is 4.74 Å². The van der Waals surface area contributed by atoms with Crippen LogP contribution in [0.15, 0.2) is 0 Å². The van der Waals surface area contributed by atoms with Crippen LogP contribution in [0.5, 0.6) is 5.75 Å². The molecular weight excluding hydrogens is 186 g/mol. The van der Waals surface area contributed by atoms with Crippen molar-refractivity contribution >= 4 is 0 Å². The van der Waals surface area contributed by atoms with E-state index in [0.717, 1.165) is 42.7 Å². The van der Waals surface area contributed by atoms with Crippen molar-refractivity contribution in [2.45, 2.75) is 46.5 Å². The van der Waals surface area contributed by atoms with Crippen molar-refractivity contribution in [3.8, 4) is 5.75 Å². The van der Waals surface area contributed by atoms with E-state index >= 15 is 0 Å². The maximum absolute atomic E-state index is 5.48. The number of nitrogens with zero attached hydrogens (tertiary/aromatic N) is 1. The first-order valence-corrected chi connectivity index (χ1v) is 5.68. The Bertz CT molecular complexity index is 321. The van der Waals surface area contributed by atoms with Crippen LogP contribution in [0.4, 0.5) is 0 Å². The average Bonchev–Trinajstić information content (AvgIpc) is 2.24. The fraction of sp³-hybridized carbons (Fsp3) is 0.615. The standard InChI is InChI=1S/C13H20NO/c1-5-7-11-10(3)9-14-12(8-6-2)13(11)15-4/h5-8H2,1-4H3. The fourth-order valence-electron chi connectivity index (χ4n) is 1.81. The minimum Gasteiger partial charge on any atom is -0.495 e. The summed E-state index contributed by atoms with van der Waals surface area (Å²) < 4.78 is 5.48. The third-order valence-corrected chi connectivity index (χ3v) is 2.54. The first-order valence-electron chi connectivity index (χ1n) is 5.68. The normalized spacial score (nSPS) is 10.4. The Morgan fingerprint density at radius 3 is 2.40 bits per heavy atom. The van der Waals surface area contributed by atoms with Gasteiger partial charge in [-0.05, 0) is 25.3 Å². The Kier molecular flexibility index (Phi) is 4.60. The van der Waals surface area contributed by atoms with Crippen LogP contribution in [0.1, 0.15) is 43.5 Å². The molecule has 2 heteroatoms. The second kappa shape index (κ2) is 5.74. The molecular formula is C13H20NO. The van der Waals surface area contributed by atoms with Crippen LogP contribution in [0.25, 0.3) is 0 Å². The molecule has 0 amide bonds. The Balaban J connectivity index is 3.14. The molecule has 0 spiro atoms. The van der Waals surface area contributed by atoms with Gasteiger partial charge < -0.3 is 4.74 Å². The highest BCUT2D eigenvalue weighted by Gasteiger charge is 2.12. The summed E-state index contributed by atoms with van der Waals surface area (Å²) in [5.41, 5.74) is 3.45. The molecule has 0 bridgehead atoms. The van der Waals surface area contributed by atoms with Gasteiger partial charge in [-0.25, -0.2) is 4.98 Å². The van der Waals surface area contributed by atoms with Crippen molar-refractivity contribution in [3.05, 3.63) is 23.0 Å². The van der Waals surface area contributed by atoms with E-state index in [1.165, 1.54) is 5.56 Å². The number of aromatic nitrogens is 1. The zero-order chi connectivity index (χ0) is 11.3. The SMILES string of the molecule is CCCc1n[c]c(C)c(CCC)c1OC. The molecule has 2 nitrogen and oxygen atoms in total. The van der Waals surface area contributed by atoms with Crippen molar-refractivity contribution in [2.24, 2.45) is 0 Å². The molecule has 0 N–H and O–H groups in total. The number of hydrogen-bond acceptors (Lipinski definition) is 2. The molecule has 0 saturated carbocycles. The van der Waals surface area contributed by atoms with E-state index in [1.54, 1.807) is 7.11 Å². The van der Waals surface area contributed by atoms with E-state index in [4.69, 9.17) is 4.74 Å². The number of ether oxygens (including phenoxy) is 1. The van der Waals surface area contributed by atoms with Crippen LogP contribution in [-0.2, 0) is 12.8 Å². The van der Waals surface area contributed by atoms with Gasteiger partial charge in [-0.3, -0.25) is 0 Å². The lowest BCUT2D eigenvalue weighted by atomic mass is 10.0. The van der Waals surface area contributed by atoms with Gasteiger partial charge in [0.25, 0.3) is 0 Å². The van der Waals surface area contributed by atoms with Gasteiger partial charge in [-0.1, -0.05) is 26.7 Å². The monoisotopic (exact) mass is 206 g/mol. The fourth-order valence-corrected chi connectivity index (χ4v) is 1.81. The zero-order valence-electron chi connectivity index (χ0n) is 10.2. The summed E-state index contributed by atoms with van der Waals surface area (Å²) in [6.07, 6.45) is 7.31. The third kappa shape index (κ3) is 2.71. The van der Waals surface area contributed by atoms with E-state index < -0.39 is 0 Å². The van der Waals surface area contributed by atoms with E-state index in [0.29, 0.717) is 0 Å². The minimum absolute atomic E-state index is 0.969. The summed E-state index contributed by atoms with van der Waals surface area (Å²) in [6, 6.07) is 0. The predicted octanol–water partition coefficient (Wildman–Crippen LogP) is 3.10. The first-order chi connectivity index (χ1) is 7.24. The third-order valence-electron chi connectivity index (χ3n) is 2.54. The van der Waals surface area contributed by atoms with Gasteiger partial charge in [0.05, 0.1) is 19.0 Å². The molecule has 0 aromatic carbocycles. The van der Waals surface area contributed by atoms with Gasteiger partial charge in [0.2, 0.25) is 0 Å². The molecule has 15 heavy (non-hydrogen) atoms. The minimum atomic E-state index is 0.969. The number of methoxy groups -OCH3 is 1. The average molecular weight is 206 g/mol. The molecule has 1 rings (SSSR count). The Morgan fingerprint density at radius 1 is 1.20 bits per heavy atom. The highest BCUT2D eigenvalue weighted by molar-refractivity contribution is 5.41. The largest absolute Gasteiger partial charge is 0.495 e. The highest BCUT2D eigenvalue weighted by Crippen LogP contribution is 2.26. The predicted molar refractivity (Wildman–Crippen MR) is 62.4 cm³/mol. The molecule has 0 saturated heterocycles. The molecule has 1 aromatic rings. The van der Waals surface area contributed by atoms with Crippen LogP contribution >= 0.6 is 0 Å². The summed E-state index contributed by atoms with van der Waals surface area (Å²) in [5, 5.41) is 0. The summed E-state index contributed by atoms with van der Waals surface area (Å²) in [6.45, 7) is 6.38. The molecule has 1 radical (unpaired) electrons. The van der Waals surface area contributed by atoms with Crippen molar-refractivity contribution in [1.29, 1.82) is 0 Å². The maximum Gasteiger partial charge on any atom is 0.143 e. The Hall–Kier alpha value is -1.05. The van der Waals surface area contributed by atoms with Gasteiger partial charge >= 0.3 is 0 Å². The van der Waals surface area contributed by atoms with Crippen molar-refractivity contribution in [2.75, 3.05) is 7.11 Å². The van der Waals surface area contributed by atoms with Gasteiger partial charge in [0, 0.05) is 5.56 Å². The van der Waals surface area contributed by atoms with Crippen LogP contribution < -0.4 is 4.74 Å². The second-order valence-corrected chi connectivity index (χ2v) is 3.81. The summed E-state index contributed by atoms with van der Waals surface area (Å²) in [5.74, 6) is 0.981. The topological polar surface area (TPSA) is 22.1 Å². The number of rotatable bonds is 5. The molecule has 0 unspecified atom stereocenters. The number of aryl methyl sites for hydroxylation is 2. The van der Waals surface area contributed by atoms with Gasteiger partial charge in [-0.15, -0.1) is 0 Å². The molecule has 1 aromatic heterocycles. The smallest absolute Gasteiger partial charge is 0.143 e. The van der Waals surface area contributed by atoms with Crippen molar-refractivity contribution in [3.63, 3.8) is 0 Å². The number of pyridine rings is 1. The van der Waals surface area contributed by atoms with E-state index in [1.807, 2.05) is 0 Å². The zero-order valence-corrected chi connectivity index (χ0v) is 10.2. The van der Waals surface area contributed by atoms with Crippen LogP contribution in [0, 0.1) is 13.1 Å². The molecule has 0 fully saturated rings. The molecule has 0 atom stereocenters. The van der Waals surface area contributed by atoms with Crippen molar-refractivity contribution in [1.82, 2.24) is 4.98 Å². The lowest BCUT2D eigenvalue weighted by molar-refractivity contribution is 0.400. The molecule has 1 heterocycles. The van der Waals surface area contributed by atoms with Crippen LogP contribution in [0.3, 0.4) is 0 Å². The highest BCUT2D eigenvalue weighted by atomic mass is 16.5. The van der Waals surface area contributed by atoms with E-state index in [9.17, 15) is 0 Å². The maximum atomic E-state index is 5.48. The van der Waals surface area contributed by atoms with Crippen LogP contribution in [0.2, 0.25) is 0 Å². The van der Waals surface area contributed by atoms with Gasteiger partial charge in [-0.2, -0.15) is 0 Å². The lowest BCUT2D eigenvalue weighted by Crippen LogP contribution is -2.03. The Morgan fingerprint density at radius 2 is 1.87 bits per heavy atom. The van der Waals surface area contributed by atoms with Gasteiger partial charge in [0.15, 0.2) is 0 Å². The van der Waals surface area contributed by atoms with Gasteiger partial charge in [0.1, 0.15) is 5.75 Å². The van der Waals surface area contributed by atoms with E-state index in [-0.39, 0.29) is 0 Å². The summed E-state index contributed by atoms with van der Waals surface area (Å²) in [7, 11) is 1.73. The lowest BCUT2D eigenvalue weighted by Gasteiger charge is -2.13. The molecule has 0 aliphatic heterocycles.